The highest BCUT2D eigenvalue weighted by atomic mass is 35.5. The van der Waals surface area contributed by atoms with Crippen molar-refractivity contribution in [2.75, 3.05) is 20.4 Å². The molecule has 0 fully saturated rings. The molecule has 1 N–H and O–H groups in total. The molecule has 138 valence electrons. The molecular formula is C19H20Cl2N2O3. The summed E-state index contributed by atoms with van der Waals surface area (Å²) in [6.45, 7) is 3.04. The van der Waals surface area contributed by atoms with Crippen molar-refractivity contribution in [3.8, 4) is 11.5 Å². The number of fused-ring (bicyclic) bond motifs is 1. The van der Waals surface area contributed by atoms with Crippen LogP contribution in [0.1, 0.15) is 24.1 Å². The van der Waals surface area contributed by atoms with E-state index in [0.29, 0.717) is 16.6 Å². The van der Waals surface area contributed by atoms with Gasteiger partial charge in [0.25, 0.3) is 0 Å². The van der Waals surface area contributed by atoms with Crippen LogP contribution >= 0.6 is 23.2 Å². The van der Waals surface area contributed by atoms with Gasteiger partial charge in [-0.25, -0.2) is 0 Å². The molecule has 3 rings (SSSR count). The van der Waals surface area contributed by atoms with Crippen molar-refractivity contribution < 1.29 is 14.3 Å². The highest BCUT2D eigenvalue weighted by molar-refractivity contribution is 6.35. The smallest absolute Gasteiger partial charge is 0.234 e. The molecule has 2 aromatic rings. The van der Waals surface area contributed by atoms with Gasteiger partial charge in [0.1, 0.15) is 0 Å². The van der Waals surface area contributed by atoms with Gasteiger partial charge in [-0.15, -0.1) is 0 Å². The highest BCUT2D eigenvalue weighted by Gasteiger charge is 2.16. The molecule has 2 aromatic carbocycles. The van der Waals surface area contributed by atoms with Crippen LogP contribution in [-0.2, 0) is 11.3 Å². The van der Waals surface area contributed by atoms with Crippen molar-refractivity contribution in [1.82, 2.24) is 10.2 Å². The second-order valence-corrected chi connectivity index (χ2v) is 7.16. The van der Waals surface area contributed by atoms with Gasteiger partial charge in [-0.2, -0.15) is 0 Å². The number of hydrogen-bond donors (Lipinski definition) is 1. The Morgan fingerprint density at radius 3 is 2.73 bits per heavy atom. The standard InChI is InChI=1S/C19H20Cl2N2O3/c1-12(15-5-4-14(20)8-16(15)21)22-19(24)10-23(2)9-13-3-6-17-18(7-13)26-11-25-17/h3-8,12H,9-11H2,1-2H3,(H,22,24)/t12-/m1/s1. The van der Waals surface area contributed by atoms with Gasteiger partial charge in [0.05, 0.1) is 12.6 Å². The molecule has 0 aliphatic carbocycles. The number of rotatable bonds is 6. The summed E-state index contributed by atoms with van der Waals surface area (Å²) in [5.41, 5.74) is 1.89. The van der Waals surface area contributed by atoms with Gasteiger partial charge in [-0.1, -0.05) is 35.3 Å². The fraction of sp³-hybridized carbons (Fsp3) is 0.316. The van der Waals surface area contributed by atoms with Gasteiger partial charge < -0.3 is 14.8 Å². The highest BCUT2D eigenvalue weighted by Crippen LogP contribution is 2.32. The molecule has 1 aliphatic heterocycles. The molecule has 7 heteroatoms. The maximum atomic E-state index is 12.3. The molecule has 0 radical (unpaired) electrons. The zero-order chi connectivity index (χ0) is 18.7. The zero-order valence-electron chi connectivity index (χ0n) is 14.6. The first-order chi connectivity index (χ1) is 12.4. The molecule has 26 heavy (non-hydrogen) atoms. The average Bonchev–Trinajstić information content (AvgIpc) is 3.01. The van der Waals surface area contributed by atoms with Crippen LogP contribution in [0.25, 0.3) is 0 Å². The normalized spacial score (nSPS) is 13.7. The molecular weight excluding hydrogens is 375 g/mol. The molecule has 0 saturated heterocycles. The Hall–Kier alpha value is -1.95. The summed E-state index contributed by atoms with van der Waals surface area (Å²) in [5.74, 6) is 1.42. The summed E-state index contributed by atoms with van der Waals surface area (Å²) in [6.07, 6.45) is 0. The molecule has 0 saturated carbocycles. The van der Waals surface area contributed by atoms with Crippen LogP contribution in [0.5, 0.6) is 11.5 Å². The van der Waals surface area contributed by atoms with Gasteiger partial charge in [-0.05, 0) is 49.4 Å². The van der Waals surface area contributed by atoms with Crippen LogP contribution in [0, 0.1) is 0 Å². The van der Waals surface area contributed by atoms with E-state index in [2.05, 4.69) is 5.32 Å². The molecule has 0 spiro atoms. The monoisotopic (exact) mass is 394 g/mol. The van der Waals surface area contributed by atoms with Gasteiger partial charge in [0, 0.05) is 16.6 Å². The van der Waals surface area contributed by atoms with Crippen molar-refractivity contribution in [1.29, 1.82) is 0 Å². The summed E-state index contributed by atoms with van der Waals surface area (Å²) in [4.78, 5) is 14.3. The molecule has 1 aliphatic rings. The Kier molecular flexibility index (Phi) is 5.91. The summed E-state index contributed by atoms with van der Waals surface area (Å²) >= 11 is 12.1. The summed E-state index contributed by atoms with van der Waals surface area (Å²) in [5, 5.41) is 4.07. The van der Waals surface area contributed by atoms with Crippen molar-refractivity contribution in [3.05, 3.63) is 57.6 Å². The molecule has 1 atom stereocenters. The van der Waals surface area contributed by atoms with Gasteiger partial charge in [-0.3, -0.25) is 9.69 Å². The van der Waals surface area contributed by atoms with Gasteiger partial charge in [0.15, 0.2) is 11.5 Å². The number of nitrogens with one attached hydrogen (secondary N) is 1. The third-order valence-corrected chi connectivity index (χ3v) is 4.67. The third-order valence-electron chi connectivity index (χ3n) is 4.11. The fourth-order valence-corrected chi connectivity index (χ4v) is 3.44. The number of carbonyl (C=O) groups excluding carboxylic acids is 1. The average molecular weight is 395 g/mol. The summed E-state index contributed by atoms with van der Waals surface area (Å²) in [7, 11) is 1.89. The predicted molar refractivity (Wildman–Crippen MR) is 102 cm³/mol. The Labute approximate surface area is 162 Å². The summed E-state index contributed by atoms with van der Waals surface area (Å²) in [6, 6.07) is 10.9. The van der Waals surface area contributed by atoms with Crippen molar-refractivity contribution in [3.63, 3.8) is 0 Å². The van der Waals surface area contributed by atoms with Crippen LogP contribution in [0.3, 0.4) is 0 Å². The second kappa shape index (κ2) is 8.16. The van der Waals surface area contributed by atoms with Crippen LogP contribution in [0.4, 0.5) is 0 Å². The minimum Gasteiger partial charge on any atom is -0.454 e. The number of halogens is 2. The molecule has 0 aromatic heterocycles. The topological polar surface area (TPSA) is 50.8 Å². The lowest BCUT2D eigenvalue weighted by Gasteiger charge is -2.20. The SMILES string of the molecule is C[C@@H](NC(=O)CN(C)Cc1ccc2c(c1)OCO2)c1ccc(Cl)cc1Cl. The predicted octanol–water partition coefficient (Wildman–Crippen LogP) is 4.03. The van der Waals surface area contributed by atoms with Crippen molar-refractivity contribution in [2.24, 2.45) is 0 Å². The zero-order valence-corrected chi connectivity index (χ0v) is 16.1. The lowest BCUT2D eigenvalue weighted by molar-refractivity contribution is -0.122. The number of nitrogens with zero attached hydrogens (tertiary/aromatic N) is 1. The van der Waals surface area contributed by atoms with E-state index in [9.17, 15) is 4.79 Å². The Bertz CT molecular complexity index is 813. The largest absolute Gasteiger partial charge is 0.454 e. The Morgan fingerprint density at radius 1 is 1.19 bits per heavy atom. The first-order valence-electron chi connectivity index (χ1n) is 8.24. The van der Waals surface area contributed by atoms with E-state index in [1.165, 1.54) is 0 Å². The quantitative estimate of drug-likeness (QED) is 0.803. The van der Waals surface area contributed by atoms with Crippen LogP contribution in [0.15, 0.2) is 36.4 Å². The fourth-order valence-electron chi connectivity index (χ4n) is 2.87. The number of ether oxygens (including phenoxy) is 2. The van der Waals surface area contributed by atoms with E-state index < -0.39 is 0 Å². The van der Waals surface area contributed by atoms with E-state index >= 15 is 0 Å². The van der Waals surface area contributed by atoms with Crippen LogP contribution in [0.2, 0.25) is 10.0 Å². The molecule has 5 nitrogen and oxygen atoms in total. The maximum Gasteiger partial charge on any atom is 0.234 e. The number of carbonyl (C=O) groups is 1. The van der Waals surface area contributed by atoms with Crippen molar-refractivity contribution in [2.45, 2.75) is 19.5 Å². The number of amides is 1. The van der Waals surface area contributed by atoms with Crippen LogP contribution in [-0.4, -0.2) is 31.2 Å². The van der Waals surface area contributed by atoms with Gasteiger partial charge in [0.2, 0.25) is 12.7 Å². The Balaban J connectivity index is 1.54. The van der Waals surface area contributed by atoms with Gasteiger partial charge >= 0.3 is 0 Å². The van der Waals surface area contributed by atoms with E-state index in [0.717, 1.165) is 22.6 Å². The molecule has 1 heterocycles. The lowest BCUT2D eigenvalue weighted by atomic mass is 10.1. The number of benzene rings is 2. The van der Waals surface area contributed by atoms with E-state index in [-0.39, 0.29) is 25.3 Å². The molecule has 0 unspecified atom stereocenters. The minimum atomic E-state index is -0.203. The summed E-state index contributed by atoms with van der Waals surface area (Å²) < 4.78 is 10.7. The second-order valence-electron chi connectivity index (χ2n) is 6.31. The number of hydrogen-bond acceptors (Lipinski definition) is 4. The van der Waals surface area contributed by atoms with E-state index in [4.69, 9.17) is 32.7 Å². The lowest BCUT2D eigenvalue weighted by Crippen LogP contribution is -2.36. The molecule has 1 amide bonds. The minimum absolute atomic E-state index is 0.0771. The Morgan fingerprint density at radius 2 is 1.96 bits per heavy atom. The first-order valence-corrected chi connectivity index (χ1v) is 8.99. The maximum absolute atomic E-state index is 12.3. The third kappa shape index (κ3) is 4.61. The van der Waals surface area contributed by atoms with E-state index in [1.54, 1.807) is 12.1 Å². The number of likely N-dealkylation sites (N-methyl/N-ethyl adjacent to an activating group) is 1. The van der Waals surface area contributed by atoms with E-state index in [1.807, 2.05) is 43.1 Å². The van der Waals surface area contributed by atoms with Crippen molar-refractivity contribution >= 4 is 29.1 Å². The first kappa shape index (κ1) is 18.8. The van der Waals surface area contributed by atoms with Crippen LogP contribution < -0.4 is 14.8 Å². The molecule has 0 bridgehead atoms.